The molecule has 12 heavy (non-hydrogen) atoms. The molecule has 70 valence electrons. The summed E-state index contributed by atoms with van der Waals surface area (Å²) < 4.78 is 0. The summed E-state index contributed by atoms with van der Waals surface area (Å²) in [6.07, 6.45) is 3.18. The summed E-state index contributed by atoms with van der Waals surface area (Å²) in [5.41, 5.74) is 0. The first kappa shape index (κ1) is 9.52. The smallest absolute Gasteiger partial charge is 0.209 e. The molecule has 0 radical (unpaired) electrons. The number of carbonyl (C=O) groups is 1. The lowest BCUT2D eigenvalue weighted by Gasteiger charge is -2.38. The largest absolute Gasteiger partial charge is 0.342 e. The first-order valence-electron chi connectivity index (χ1n) is 4.52. The molecule has 1 aliphatic rings. The van der Waals surface area contributed by atoms with Crippen molar-refractivity contribution in [3.8, 4) is 0 Å². The maximum atomic E-state index is 10.6. The van der Waals surface area contributed by atoms with Crippen LogP contribution in [-0.4, -0.2) is 48.9 Å². The zero-order valence-corrected chi connectivity index (χ0v) is 8.16. The van der Waals surface area contributed by atoms with Crippen LogP contribution in [0.4, 0.5) is 0 Å². The van der Waals surface area contributed by atoms with Gasteiger partial charge in [-0.3, -0.25) is 4.79 Å². The summed E-state index contributed by atoms with van der Waals surface area (Å²) in [6.45, 7) is 3.03. The summed E-state index contributed by atoms with van der Waals surface area (Å²) in [5, 5.41) is 0. The van der Waals surface area contributed by atoms with Gasteiger partial charge in [-0.05, 0) is 33.9 Å². The Balaban J connectivity index is 2.45. The highest BCUT2D eigenvalue weighted by molar-refractivity contribution is 5.47. The molecule has 2 atom stereocenters. The molecule has 0 unspecified atom stereocenters. The zero-order chi connectivity index (χ0) is 9.14. The van der Waals surface area contributed by atoms with Gasteiger partial charge in [0, 0.05) is 18.6 Å². The van der Waals surface area contributed by atoms with Gasteiger partial charge < -0.3 is 9.80 Å². The van der Waals surface area contributed by atoms with Crippen molar-refractivity contribution in [3.63, 3.8) is 0 Å². The Labute approximate surface area is 74.3 Å². The van der Waals surface area contributed by atoms with Crippen LogP contribution < -0.4 is 0 Å². The molecule has 3 heteroatoms. The standard InChI is InChI=1S/C9H18N2O/c1-8-6-9(10(2)3)4-5-11(8)7-12/h7-9H,4-6H2,1-3H3/t8-,9-/m0/s1. The van der Waals surface area contributed by atoms with E-state index in [2.05, 4.69) is 25.9 Å². The van der Waals surface area contributed by atoms with Crippen LogP contribution in [0.3, 0.4) is 0 Å². The SMILES string of the molecule is C[C@H]1C[C@@H](N(C)C)CCN1C=O. The predicted octanol–water partition coefficient (Wildman–Crippen LogP) is 0.557. The van der Waals surface area contributed by atoms with E-state index >= 15 is 0 Å². The molecule has 0 aromatic carbocycles. The first-order chi connectivity index (χ1) is 5.65. The highest BCUT2D eigenvalue weighted by Gasteiger charge is 2.24. The zero-order valence-electron chi connectivity index (χ0n) is 8.16. The monoisotopic (exact) mass is 170 g/mol. The molecule has 3 nitrogen and oxygen atoms in total. The van der Waals surface area contributed by atoms with Crippen LogP contribution in [0.5, 0.6) is 0 Å². The molecular formula is C9H18N2O. The van der Waals surface area contributed by atoms with Crippen LogP contribution in [0.15, 0.2) is 0 Å². The molecule has 1 aliphatic heterocycles. The summed E-state index contributed by atoms with van der Waals surface area (Å²) in [6, 6.07) is 1.06. The van der Waals surface area contributed by atoms with E-state index in [-0.39, 0.29) is 0 Å². The number of piperidine rings is 1. The molecule has 0 aliphatic carbocycles. The number of carbonyl (C=O) groups excluding carboxylic acids is 1. The van der Waals surface area contributed by atoms with E-state index in [1.54, 1.807) is 0 Å². The van der Waals surface area contributed by atoms with Crippen LogP contribution in [0, 0.1) is 0 Å². The van der Waals surface area contributed by atoms with Crippen molar-refractivity contribution in [1.29, 1.82) is 0 Å². The van der Waals surface area contributed by atoms with Gasteiger partial charge in [0.05, 0.1) is 0 Å². The lowest BCUT2D eigenvalue weighted by molar-refractivity contribution is -0.121. The van der Waals surface area contributed by atoms with Gasteiger partial charge in [-0.1, -0.05) is 0 Å². The van der Waals surface area contributed by atoms with Gasteiger partial charge in [0.2, 0.25) is 6.41 Å². The van der Waals surface area contributed by atoms with E-state index in [9.17, 15) is 4.79 Å². The van der Waals surface area contributed by atoms with Gasteiger partial charge in [0.15, 0.2) is 0 Å². The van der Waals surface area contributed by atoms with Crippen LogP contribution >= 0.6 is 0 Å². The Morgan fingerprint density at radius 1 is 1.50 bits per heavy atom. The minimum absolute atomic E-state index is 0.406. The molecule has 1 fully saturated rings. The topological polar surface area (TPSA) is 23.6 Å². The van der Waals surface area contributed by atoms with Crippen LogP contribution in [-0.2, 0) is 4.79 Å². The van der Waals surface area contributed by atoms with Crippen molar-refractivity contribution in [3.05, 3.63) is 0 Å². The third-order valence-electron chi connectivity index (χ3n) is 2.77. The van der Waals surface area contributed by atoms with Crippen LogP contribution in [0.2, 0.25) is 0 Å². The molecule has 1 heterocycles. The van der Waals surface area contributed by atoms with Crippen LogP contribution in [0.25, 0.3) is 0 Å². The molecule has 1 rings (SSSR count). The minimum Gasteiger partial charge on any atom is -0.342 e. The van der Waals surface area contributed by atoms with E-state index in [1.807, 2.05) is 4.90 Å². The van der Waals surface area contributed by atoms with E-state index in [1.165, 1.54) is 0 Å². The van der Waals surface area contributed by atoms with Gasteiger partial charge >= 0.3 is 0 Å². The molecule has 0 spiro atoms. The lowest BCUT2D eigenvalue weighted by atomic mass is 9.98. The minimum atomic E-state index is 0.406. The van der Waals surface area contributed by atoms with E-state index < -0.39 is 0 Å². The van der Waals surface area contributed by atoms with Crippen molar-refractivity contribution < 1.29 is 4.79 Å². The Bertz CT molecular complexity index is 159. The van der Waals surface area contributed by atoms with E-state index in [0.717, 1.165) is 25.8 Å². The Hall–Kier alpha value is -0.570. The van der Waals surface area contributed by atoms with E-state index in [0.29, 0.717) is 12.1 Å². The lowest BCUT2D eigenvalue weighted by Crippen LogP contribution is -2.46. The summed E-state index contributed by atoms with van der Waals surface area (Å²) in [4.78, 5) is 14.7. The highest BCUT2D eigenvalue weighted by Crippen LogP contribution is 2.18. The van der Waals surface area contributed by atoms with Gasteiger partial charge in [0.25, 0.3) is 0 Å². The summed E-state index contributed by atoms with van der Waals surface area (Å²) in [5.74, 6) is 0. The molecule has 0 aromatic rings. The van der Waals surface area contributed by atoms with Crippen molar-refractivity contribution >= 4 is 6.41 Å². The Morgan fingerprint density at radius 3 is 2.58 bits per heavy atom. The molecule has 1 saturated heterocycles. The molecule has 0 saturated carbocycles. The number of hydrogen-bond acceptors (Lipinski definition) is 2. The number of hydrogen-bond donors (Lipinski definition) is 0. The van der Waals surface area contributed by atoms with E-state index in [4.69, 9.17) is 0 Å². The quantitative estimate of drug-likeness (QED) is 0.565. The fourth-order valence-corrected chi connectivity index (χ4v) is 1.79. The number of amides is 1. The molecule has 1 amide bonds. The average Bonchev–Trinajstić information content (AvgIpc) is 2.04. The molecule has 0 aromatic heterocycles. The Kier molecular flexibility index (Phi) is 3.09. The normalized spacial score (nSPS) is 30.8. The second kappa shape index (κ2) is 3.90. The Morgan fingerprint density at radius 2 is 2.17 bits per heavy atom. The molecular weight excluding hydrogens is 152 g/mol. The number of nitrogens with zero attached hydrogens (tertiary/aromatic N) is 2. The fraction of sp³-hybridized carbons (Fsp3) is 0.889. The van der Waals surface area contributed by atoms with Gasteiger partial charge in [-0.15, -0.1) is 0 Å². The molecule has 0 N–H and O–H groups in total. The third kappa shape index (κ3) is 1.97. The molecule has 0 bridgehead atoms. The summed E-state index contributed by atoms with van der Waals surface area (Å²) >= 11 is 0. The summed E-state index contributed by atoms with van der Waals surface area (Å²) in [7, 11) is 4.21. The van der Waals surface area contributed by atoms with Crippen molar-refractivity contribution in [2.45, 2.75) is 31.8 Å². The highest BCUT2D eigenvalue weighted by atomic mass is 16.1. The number of likely N-dealkylation sites (tertiary alicyclic amines) is 1. The maximum absolute atomic E-state index is 10.6. The second-order valence-electron chi connectivity index (χ2n) is 3.83. The van der Waals surface area contributed by atoms with Crippen molar-refractivity contribution in [1.82, 2.24) is 9.80 Å². The maximum Gasteiger partial charge on any atom is 0.209 e. The fourth-order valence-electron chi connectivity index (χ4n) is 1.79. The third-order valence-corrected chi connectivity index (χ3v) is 2.77. The second-order valence-corrected chi connectivity index (χ2v) is 3.83. The van der Waals surface area contributed by atoms with Crippen molar-refractivity contribution in [2.75, 3.05) is 20.6 Å². The van der Waals surface area contributed by atoms with Crippen LogP contribution in [0.1, 0.15) is 19.8 Å². The predicted molar refractivity (Wildman–Crippen MR) is 48.9 cm³/mol. The number of rotatable bonds is 2. The average molecular weight is 170 g/mol. The van der Waals surface area contributed by atoms with Gasteiger partial charge in [-0.2, -0.15) is 0 Å². The van der Waals surface area contributed by atoms with Gasteiger partial charge in [0.1, 0.15) is 0 Å². The first-order valence-corrected chi connectivity index (χ1v) is 4.52. The van der Waals surface area contributed by atoms with Crippen molar-refractivity contribution in [2.24, 2.45) is 0 Å². The van der Waals surface area contributed by atoms with Gasteiger partial charge in [-0.25, -0.2) is 0 Å².